The lowest BCUT2D eigenvalue weighted by atomic mass is 9.77. The topological polar surface area (TPSA) is 38.8 Å². The molecule has 3 aromatic rings. The van der Waals surface area contributed by atoms with E-state index in [0.29, 0.717) is 18.0 Å². The molecule has 1 saturated heterocycles. The van der Waals surface area contributed by atoms with Gasteiger partial charge in [0.25, 0.3) is 0 Å². The maximum atomic E-state index is 13.2. The smallest absolute Gasteiger partial charge is 0.233 e. The first-order chi connectivity index (χ1) is 13.7. The van der Waals surface area contributed by atoms with E-state index in [0.717, 1.165) is 16.7 Å². The Morgan fingerprint density at radius 3 is 2.14 bits per heavy atom. The second-order valence-electron chi connectivity index (χ2n) is 6.87. The van der Waals surface area contributed by atoms with Gasteiger partial charge in [0.05, 0.1) is 26.2 Å². The fourth-order valence-electron chi connectivity index (χ4n) is 3.98. The maximum absolute atomic E-state index is 13.2. The van der Waals surface area contributed by atoms with Crippen molar-refractivity contribution in [1.29, 1.82) is 0 Å². The Hall–Kier alpha value is -3.27. The van der Waals surface area contributed by atoms with Crippen molar-refractivity contribution >= 4 is 5.91 Å². The Balaban J connectivity index is 1.77. The Kier molecular flexibility index (Phi) is 5.02. The maximum Gasteiger partial charge on any atom is 0.233 e. The van der Waals surface area contributed by atoms with Gasteiger partial charge in [0, 0.05) is 12.1 Å². The number of nitrogens with zero attached hydrogens (tertiary/aromatic N) is 1. The van der Waals surface area contributed by atoms with E-state index in [1.165, 1.54) is 0 Å². The highest BCUT2D eigenvalue weighted by atomic mass is 16.5. The van der Waals surface area contributed by atoms with Crippen LogP contribution in [0.2, 0.25) is 0 Å². The van der Waals surface area contributed by atoms with Gasteiger partial charge >= 0.3 is 0 Å². The minimum atomic E-state index is -0.231. The van der Waals surface area contributed by atoms with Crippen LogP contribution in [0, 0.1) is 0 Å². The number of β-lactam (4-membered cyclic amide) rings is 1. The van der Waals surface area contributed by atoms with Gasteiger partial charge in [0.1, 0.15) is 0 Å². The zero-order chi connectivity index (χ0) is 19.5. The predicted molar refractivity (Wildman–Crippen MR) is 108 cm³/mol. The molecular weight excluding hydrogens is 350 g/mol. The molecule has 0 aromatic heterocycles. The molecule has 2 atom stereocenters. The van der Waals surface area contributed by atoms with Crippen LogP contribution in [-0.2, 0) is 11.3 Å². The van der Waals surface area contributed by atoms with Crippen molar-refractivity contribution in [3.05, 3.63) is 95.6 Å². The lowest BCUT2D eigenvalue weighted by Gasteiger charge is -2.48. The quantitative estimate of drug-likeness (QED) is 0.594. The average molecular weight is 373 g/mol. The highest BCUT2D eigenvalue weighted by Gasteiger charge is 2.49. The van der Waals surface area contributed by atoms with Crippen LogP contribution in [0.4, 0.5) is 0 Å². The van der Waals surface area contributed by atoms with Gasteiger partial charge in [-0.15, -0.1) is 0 Å². The molecule has 28 heavy (non-hydrogen) atoms. The van der Waals surface area contributed by atoms with Crippen LogP contribution in [-0.4, -0.2) is 25.0 Å². The molecule has 1 amide bonds. The zero-order valence-corrected chi connectivity index (χ0v) is 16.0. The molecule has 0 bridgehead atoms. The summed E-state index contributed by atoms with van der Waals surface area (Å²) in [7, 11) is 3.27. The molecule has 1 aliphatic rings. The highest BCUT2D eigenvalue weighted by Crippen LogP contribution is 2.51. The van der Waals surface area contributed by atoms with E-state index in [1.807, 2.05) is 83.8 Å². The molecule has 0 N–H and O–H groups in total. The second kappa shape index (κ2) is 7.77. The van der Waals surface area contributed by atoms with Crippen molar-refractivity contribution < 1.29 is 14.3 Å². The first kappa shape index (κ1) is 18.1. The van der Waals surface area contributed by atoms with Gasteiger partial charge in [-0.05, 0) is 17.2 Å². The molecule has 0 aliphatic carbocycles. The summed E-state index contributed by atoms with van der Waals surface area (Å²) in [6.45, 7) is 0.564. The summed E-state index contributed by atoms with van der Waals surface area (Å²) >= 11 is 0. The van der Waals surface area contributed by atoms with Gasteiger partial charge in [-0.1, -0.05) is 72.8 Å². The molecule has 0 saturated carbocycles. The molecule has 1 fully saturated rings. The second-order valence-corrected chi connectivity index (χ2v) is 6.87. The monoisotopic (exact) mass is 373 g/mol. The molecule has 0 spiro atoms. The highest BCUT2D eigenvalue weighted by molar-refractivity contribution is 5.92. The minimum absolute atomic E-state index is 0.111. The number of likely N-dealkylation sites (tertiary alicyclic amines) is 1. The van der Waals surface area contributed by atoms with Crippen LogP contribution in [0.3, 0.4) is 0 Å². The minimum Gasteiger partial charge on any atom is -0.493 e. The van der Waals surface area contributed by atoms with Crippen molar-refractivity contribution in [2.45, 2.75) is 18.5 Å². The summed E-state index contributed by atoms with van der Waals surface area (Å²) in [5.74, 6) is 1.25. The predicted octanol–water partition coefficient (Wildman–Crippen LogP) is 4.57. The lowest BCUT2D eigenvalue weighted by molar-refractivity contribution is -0.151. The van der Waals surface area contributed by atoms with Crippen LogP contribution in [0.15, 0.2) is 78.9 Å². The zero-order valence-electron chi connectivity index (χ0n) is 16.0. The molecular formula is C24H23NO3. The number of carbonyl (C=O) groups excluding carboxylic acids is 1. The number of ether oxygens (including phenoxy) is 2. The van der Waals surface area contributed by atoms with Crippen LogP contribution in [0.1, 0.15) is 28.7 Å². The first-order valence-corrected chi connectivity index (χ1v) is 9.35. The van der Waals surface area contributed by atoms with Gasteiger partial charge < -0.3 is 14.4 Å². The molecule has 4 heteroatoms. The fraction of sp³-hybridized carbons (Fsp3) is 0.208. The molecule has 142 valence electrons. The number of methoxy groups -OCH3 is 2. The van der Waals surface area contributed by atoms with Gasteiger partial charge in [-0.25, -0.2) is 0 Å². The Bertz CT molecular complexity index is 956. The number of hydrogen-bond donors (Lipinski definition) is 0. The van der Waals surface area contributed by atoms with Crippen molar-refractivity contribution in [3.8, 4) is 11.5 Å². The lowest BCUT2D eigenvalue weighted by Crippen LogP contribution is -2.52. The van der Waals surface area contributed by atoms with Crippen LogP contribution >= 0.6 is 0 Å². The van der Waals surface area contributed by atoms with Crippen molar-refractivity contribution in [3.63, 3.8) is 0 Å². The van der Waals surface area contributed by atoms with Crippen molar-refractivity contribution in [2.24, 2.45) is 0 Å². The SMILES string of the molecule is COc1cccc([C@@H]2[C@@H](c3ccccc3)C(=O)N2Cc2ccccc2)c1OC. The Morgan fingerprint density at radius 1 is 0.821 bits per heavy atom. The van der Waals surface area contributed by atoms with Crippen LogP contribution in [0.25, 0.3) is 0 Å². The van der Waals surface area contributed by atoms with Gasteiger partial charge in [0.2, 0.25) is 5.91 Å². The molecule has 0 radical (unpaired) electrons. The average Bonchev–Trinajstić information content (AvgIpc) is 2.76. The fourth-order valence-corrected chi connectivity index (χ4v) is 3.98. The van der Waals surface area contributed by atoms with Gasteiger partial charge in [0.15, 0.2) is 11.5 Å². The number of hydrogen-bond acceptors (Lipinski definition) is 3. The molecule has 0 unspecified atom stereocenters. The summed E-state index contributed by atoms with van der Waals surface area (Å²) < 4.78 is 11.2. The van der Waals surface area contributed by atoms with E-state index in [4.69, 9.17) is 9.47 Å². The standard InChI is InChI=1S/C24H23NO3/c1-27-20-15-9-14-19(23(20)28-2)22-21(18-12-7-4-8-13-18)24(26)25(22)16-17-10-5-3-6-11-17/h3-15,21-22H,16H2,1-2H3/t21-,22-/m1/s1. The number of para-hydroxylation sites is 1. The summed E-state index contributed by atoms with van der Waals surface area (Å²) in [5, 5.41) is 0. The molecule has 4 rings (SSSR count). The van der Waals surface area contributed by atoms with Crippen LogP contribution < -0.4 is 9.47 Å². The molecule has 1 aliphatic heterocycles. The third kappa shape index (κ3) is 3.11. The van der Waals surface area contributed by atoms with Crippen molar-refractivity contribution in [1.82, 2.24) is 4.90 Å². The van der Waals surface area contributed by atoms with E-state index in [1.54, 1.807) is 14.2 Å². The first-order valence-electron chi connectivity index (χ1n) is 9.35. The summed E-state index contributed by atoms with van der Waals surface area (Å²) in [6.07, 6.45) is 0. The molecule has 3 aromatic carbocycles. The van der Waals surface area contributed by atoms with Crippen molar-refractivity contribution in [2.75, 3.05) is 14.2 Å². The van der Waals surface area contributed by atoms with E-state index < -0.39 is 0 Å². The summed E-state index contributed by atoms with van der Waals surface area (Å²) in [5.41, 5.74) is 3.09. The third-order valence-corrected chi connectivity index (χ3v) is 5.31. The number of benzene rings is 3. The van der Waals surface area contributed by atoms with Crippen LogP contribution in [0.5, 0.6) is 11.5 Å². The van der Waals surface area contributed by atoms with E-state index in [2.05, 4.69) is 0 Å². The largest absolute Gasteiger partial charge is 0.493 e. The molecule has 1 heterocycles. The number of carbonyl (C=O) groups is 1. The Morgan fingerprint density at radius 2 is 1.50 bits per heavy atom. The van der Waals surface area contributed by atoms with Gasteiger partial charge in [-0.3, -0.25) is 4.79 Å². The van der Waals surface area contributed by atoms with E-state index in [-0.39, 0.29) is 17.9 Å². The normalized spacial score (nSPS) is 18.5. The third-order valence-electron chi connectivity index (χ3n) is 5.31. The molecule has 4 nitrogen and oxygen atoms in total. The number of amides is 1. The summed E-state index contributed by atoms with van der Waals surface area (Å²) in [6, 6.07) is 25.7. The summed E-state index contributed by atoms with van der Waals surface area (Å²) in [4.78, 5) is 15.1. The van der Waals surface area contributed by atoms with E-state index >= 15 is 0 Å². The number of rotatable bonds is 6. The van der Waals surface area contributed by atoms with Gasteiger partial charge in [-0.2, -0.15) is 0 Å². The Labute approximate surface area is 165 Å². The van der Waals surface area contributed by atoms with E-state index in [9.17, 15) is 4.79 Å².